The molecule has 0 bridgehead atoms. The van der Waals surface area contributed by atoms with Crippen molar-refractivity contribution in [2.24, 2.45) is 0 Å². The van der Waals surface area contributed by atoms with Gasteiger partial charge in [0.15, 0.2) is 6.79 Å². The van der Waals surface area contributed by atoms with E-state index in [1.54, 1.807) is 14.2 Å². The van der Waals surface area contributed by atoms with Crippen molar-refractivity contribution >= 4 is 11.6 Å². The van der Waals surface area contributed by atoms with Gasteiger partial charge in [0, 0.05) is 25.3 Å². The highest BCUT2D eigenvalue weighted by atomic mass is 35.5. The molecule has 2 aromatic carbocycles. The van der Waals surface area contributed by atoms with Crippen molar-refractivity contribution in [3.63, 3.8) is 0 Å². The van der Waals surface area contributed by atoms with Crippen molar-refractivity contribution in [1.29, 1.82) is 0 Å². The first-order valence-electron chi connectivity index (χ1n) is 11.7. The number of benzene rings is 2. The fourth-order valence-electron chi connectivity index (χ4n) is 3.82. The van der Waals surface area contributed by atoms with Crippen LogP contribution in [0.2, 0.25) is 0 Å². The van der Waals surface area contributed by atoms with E-state index in [1.165, 1.54) is 44.5 Å². The predicted octanol–water partition coefficient (Wildman–Crippen LogP) is 7.81. The molecule has 0 atom stereocenters. The maximum Gasteiger partial charge on any atom is 0.188 e. The van der Waals surface area contributed by atoms with E-state index in [9.17, 15) is 5.11 Å². The summed E-state index contributed by atoms with van der Waals surface area (Å²) in [4.78, 5) is 0. The van der Waals surface area contributed by atoms with Gasteiger partial charge >= 0.3 is 0 Å². The second-order valence-electron chi connectivity index (χ2n) is 8.57. The van der Waals surface area contributed by atoms with Crippen LogP contribution in [0.4, 0.5) is 0 Å². The highest BCUT2D eigenvalue weighted by molar-refractivity contribution is 6.17. The Hall–Kier alpha value is -2.27. The highest BCUT2D eigenvalue weighted by Gasteiger charge is 2.15. The maximum atomic E-state index is 9.97. The first-order chi connectivity index (χ1) is 16.5. The van der Waals surface area contributed by atoms with Crippen LogP contribution in [0.5, 0.6) is 11.5 Å². The normalized spacial score (nSPS) is 10.0. The van der Waals surface area contributed by atoms with Gasteiger partial charge in [-0.2, -0.15) is 0 Å². The topological polar surface area (TPSA) is 47.9 Å². The summed E-state index contributed by atoms with van der Waals surface area (Å²) in [5, 5.41) is 9.97. The van der Waals surface area contributed by atoms with E-state index in [1.807, 2.05) is 19.1 Å². The molecular weight excluding hydrogens is 460 g/mol. The van der Waals surface area contributed by atoms with E-state index in [-0.39, 0.29) is 6.79 Å². The smallest absolute Gasteiger partial charge is 0.188 e. The Balaban J connectivity index is 0.000000581. The average Bonchev–Trinajstić information content (AvgIpc) is 2.86. The van der Waals surface area contributed by atoms with Gasteiger partial charge in [0.05, 0.1) is 0 Å². The van der Waals surface area contributed by atoms with Gasteiger partial charge in [0.2, 0.25) is 0 Å². The molecule has 2 rings (SSSR count). The van der Waals surface area contributed by atoms with Crippen LogP contribution >= 0.6 is 11.6 Å². The van der Waals surface area contributed by atoms with E-state index in [0.717, 1.165) is 29.7 Å². The molecule has 0 aliphatic carbocycles. The van der Waals surface area contributed by atoms with Crippen LogP contribution in [-0.4, -0.2) is 32.2 Å². The summed E-state index contributed by atoms with van der Waals surface area (Å²) in [6, 6.07) is 0.292. The van der Waals surface area contributed by atoms with E-state index in [0.29, 0.717) is 11.8 Å². The zero-order valence-corrected chi connectivity index (χ0v) is 24.2. The Morgan fingerprint density at radius 1 is 0.657 bits per heavy atom. The highest BCUT2D eigenvalue weighted by Crippen LogP contribution is 2.34. The van der Waals surface area contributed by atoms with E-state index >= 15 is 0 Å². The third kappa shape index (κ3) is 8.71. The third-order valence-electron chi connectivity index (χ3n) is 6.66. The third-order valence-corrected chi connectivity index (χ3v) is 6.88. The minimum absolute atomic E-state index is 0.285. The number of hydrogen-bond donors (Lipinski definition) is 1. The molecule has 4 nitrogen and oxygen atoms in total. The fourth-order valence-corrected chi connectivity index (χ4v) is 3.82. The van der Waals surface area contributed by atoms with Crippen LogP contribution in [0.3, 0.4) is 0 Å². The number of phenols is 1. The lowest BCUT2D eigenvalue weighted by Crippen LogP contribution is -2.07. The molecule has 0 fully saturated rings. The number of methoxy groups -OCH3 is 2. The fraction of sp³-hybridized carbons (Fsp3) is 0.467. The minimum atomic E-state index is 0.285. The zero-order chi connectivity index (χ0) is 27.3. The molecule has 0 spiro atoms. The van der Waals surface area contributed by atoms with Crippen LogP contribution in [0, 0.1) is 55.4 Å². The van der Waals surface area contributed by atoms with Gasteiger partial charge in [-0.1, -0.05) is 23.8 Å². The number of rotatable bonds is 8. The molecule has 2 aromatic rings. The number of allylic oxidation sites excluding steroid dienone is 2. The van der Waals surface area contributed by atoms with Gasteiger partial charge in [-0.15, -0.1) is 13.2 Å². The molecule has 0 saturated heterocycles. The van der Waals surface area contributed by atoms with Gasteiger partial charge in [0.1, 0.15) is 17.6 Å². The Labute approximate surface area is 218 Å². The molecule has 35 heavy (non-hydrogen) atoms. The summed E-state index contributed by atoms with van der Waals surface area (Å²) in [6.45, 7) is 24.5. The number of ether oxygens (including phenoxy) is 3. The number of alkyl halides is 1. The Morgan fingerprint density at radius 2 is 1.06 bits per heavy atom. The van der Waals surface area contributed by atoms with Crippen LogP contribution in [-0.2, 0) is 22.3 Å². The molecule has 0 aromatic heterocycles. The molecule has 5 heteroatoms. The molecule has 0 aliphatic rings. The summed E-state index contributed by atoms with van der Waals surface area (Å²) in [5.74, 6) is 1.39. The molecule has 0 amide bonds. The van der Waals surface area contributed by atoms with Gasteiger partial charge in [-0.25, -0.2) is 0 Å². The van der Waals surface area contributed by atoms with Crippen molar-refractivity contribution < 1.29 is 19.3 Å². The Bertz CT molecular complexity index is 962. The van der Waals surface area contributed by atoms with Crippen molar-refractivity contribution in [3.8, 4) is 11.5 Å². The molecular formula is C30H45ClO4. The van der Waals surface area contributed by atoms with Gasteiger partial charge in [-0.3, -0.25) is 0 Å². The summed E-state index contributed by atoms with van der Waals surface area (Å²) >= 11 is 4.96. The van der Waals surface area contributed by atoms with E-state index in [4.69, 9.17) is 21.1 Å². The Kier molecular flexibility index (Phi) is 15.3. The van der Waals surface area contributed by atoms with E-state index < -0.39 is 0 Å². The summed E-state index contributed by atoms with van der Waals surface area (Å²) in [6.07, 6.45) is 5.30. The number of aromatic hydroxyl groups is 1. The number of halogens is 1. The SMILES string of the molecule is C=CCc1c(C)c(C)c(C)c(C)c1O.C=CCc1c(C)c(C)c(C)c(C)c1OCOC.COCCl. The predicted molar refractivity (Wildman–Crippen MR) is 150 cm³/mol. The van der Waals surface area contributed by atoms with Crippen molar-refractivity contribution in [1.82, 2.24) is 0 Å². The summed E-state index contributed by atoms with van der Waals surface area (Å²) in [7, 11) is 3.18. The largest absolute Gasteiger partial charge is 0.507 e. The second-order valence-corrected chi connectivity index (χ2v) is 8.79. The second kappa shape index (κ2) is 16.4. The minimum Gasteiger partial charge on any atom is -0.507 e. The molecule has 196 valence electrons. The standard InChI is InChI=1S/C15H22O2.C13H18O.C2H5ClO/c1-7-8-14-12(4)10(2)11(3)13(5)15(14)17-9-16-6;1-6-7-12-10(4)8(2)9(3)11(5)13(12)14;1-4-2-3/h7H,1,8-9H2,2-6H3;6,14H,1,7H2,2-5H3;2H2,1H3. The molecule has 0 heterocycles. The van der Waals surface area contributed by atoms with Crippen molar-refractivity contribution in [3.05, 3.63) is 80.9 Å². The lowest BCUT2D eigenvalue weighted by atomic mass is 9.92. The van der Waals surface area contributed by atoms with Crippen LogP contribution in [0.25, 0.3) is 0 Å². The maximum absolute atomic E-state index is 9.97. The van der Waals surface area contributed by atoms with Crippen LogP contribution < -0.4 is 4.74 Å². The quantitative estimate of drug-likeness (QED) is 0.226. The van der Waals surface area contributed by atoms with E-state index in [2.05, 4.69) is 66.4 Å². The zero-order valence-electron chi connectivity index (χ0n) is 23.4. The molecule has 1 N–H and O–H groups in total. The average molecular weight is 505 g/mol. The van der Waals surface area contributed by atoms with Crippen molar-refractivity contribution in [2.45, 2.75) is 68.2 Å². The van der Waals surface area contributed by atoms with Crippen LogP contribution in [0.15, 0.2) is 25.3 Å². The molecule has 0 saturated carbocycles. The number of phenolic OH excluding ortho intramolecular Hbond substituents is 1. The van der Waals surface area contributed by atoms with Crippen molar-refractivity contribution in [2.75, 3.05) is 27.1 Å². The summed E-state index contributed by atoms with van der Waals surface area (Å²) in [5.41, 5.74) is 12.0. The van der Waals surface area contributed by atoms with Crippen LogP contribution in [0.1, 0.15) is 55.6 Å². The summed E-state index contributed by atoms with van der Waals surface area (Å²) < 4.78 is 15.0. The lowest BCUT2D eigenvalue weighted by molar-refractivity contribution is 0.0499. The first kappa shape index (κ1) is 32.7. The monoisotopic (exact) mass is 504 g/mol. The molecule has 0 radical (unpaired) electrons. The molecule has 0 aliphatic heterocycles. The van der Waals surface area contributed by atoms with Gasteiger partial charge in [-0.05, 0) is 113 Å². The molecule has 0 unspecified atom stereocenters. The number of hydrogen-bond acceptors (Lipinski definition) is 4. The first-order valence-corrected chi connectivity index (χ1v) is 12.3. The lowest BCUT2D eigenvalue weighted by Gasteiger charge is -2.20. The van der Waals surface area contributed by atoms with Gasteiger partial charge in [0.25, 0.3) is 0 Å². The Morgan fingerprint density at radius 3 is 1.49 bits per heavy atom. The van der Waals surface area contributed by atoms with Gasteiger partial charge < -0.3 is 19.3 Å².